The van der Waals surface area contributed by atoms with Gasteiger partial charge in [0.05, 0.1) is 17.5 Å². The molecule has 1 aliphatic rings. The third kappa shape index (κ3) is 4.36. The number of nitrogens with zero attached hydrogens (tertiary/aromatic N) is 4. The van der Waals surface area contributed by atoms with Gasteiger partial charge in [-0.25, -0.2) is 10.0 Å². The van der Waals surface area contributed by atoms with E-state index in [0.29, 0.717) is 41.3 Å². The number of aromatic nitrogens is 3. The summed E-state index contributed by atoms with van der Waals surface area (Å²) in [7, 11) is 0. The molecule has 0 bridgehead atoms. The number of hydrazine groups is 1. The van der Waals surface area contributed by atoms with Gasteiger partial charge in [0.1, 0.15) is 5.52 Å². The van der Waals surface area contributed by atoms with E-state index in [4.69, 9.17) is 0 Å². The molecule has 150 valence electrons. The quantitative estimate of drug-likeness (QED) is 0.379. The number of carbonyl (C=O) groups excluding carboxylic acids is 2. The number of aryl methyl sites for hydroxylation is 1. The molecule has 1 fully saturated rings. The number of rotatable bonds is 7. The van der Waals surface area contributed by atoms with Crippen molar-refractivity contribution in [2.45, 2.75) is 46.0 Å². The molecule has 9 heteroatoms. The van der Waals surface area contributed by atoms with E-state index in [1.54, 1.807) is 0 Å². The van der Waals surface area contributed by atoms with Crippen molar-refractivity contribution >= 4 is 29.3 Å². The highest BCUT2D eigenvalue weighted by Crippen LogP contribution is 2.40. The lowest BCUT2D eigenvalue weighted by atomic mass is 9.69. The largest absolute Gasteiger partial charge is 0.286 e. The topological polar surface area (TPSA) is 120 Å². The van der Waals surface area contributed by atoms with Crippen molar-refractivity contribution < 1.29 is 14.8 Å². The number of anilines is 1. The Morgan fingerprint density at radius 2 is 2.07 bits per heavy atom. The first-order chi connectivity index (χ1) is 13.5. The smallest absolute Gasteiger partial charge is 0.262 e. The summed E-state index contributed by atoms with van der Waals surface area (Å²) in [6, 6.07) is 5.65. The summed E-state index contributed by atoms with van der Waals surface area (Å²) in [6.45, 7) is 4.05. The van der Waals surface area contributed by atoms with E-state index in [-0.39, 0.29) is 18.4 Å². The van der Waals surface area contributed by atoms with Gasteiger partial charge < -0.3 is 0 Å². The minimum Gasteiger partial charge on any atom is -0.286 e. The molecule has 1 aromatic carbocycles. The van der Waals surface area contributed by atoms with Crippen LogP contribution in [0.4, 0.5) is 5.95 Å². The predicted molar refractivity (Wildman–Crippen MR) is 103 cm³/mol. The van der Waals surface area contributed by atoms with Gasteiger partial charge in [-0.1, -0.05) is 19.4 Å². The molecule has 1 heterocycles. The molecular weight excluding hydrogens is 360 g/mol. The number of hydrogen-bond donors (Lipinski definition) is 3. The van der Waals surface area contributed by atoms with Crippen LogP contribution in [0, 0.1) is 18.3 Å². The molecule has 0 unspecified atom stereocenters. The van der Waals surface area contributed by atoms with E-state index in [0.717, 1.165) is 24.8 Å². The Balaban J connectivity index is 1.71. The van der Waals surface area contributed by atoms with Crippen molar-refractivity contribution in [2.24, 2.45) is 11.3 Å². The summed E-state index contributed by atoms with van der Waals surface area (Å²) < 4.78 is 0. The first kappa shape index (κ1) is 19.9. The maximum Gasteiger partial charge on any atom is 0.262 e. The Kier molecular flexibility index (Phi) is 6.03. The van der Waals surface area contributed by atoms with Gasteiger partial charge in [0, 0.05) is 0 Å². The molecule has 28 heavy (non-hydrogen) atoms. The van der Waals surface area contributed by atoms with Crippen LogP contribution in [0.2, 0.25) is 0 Å². The maximum atomic E-state index is 12.9. The van der Waals surface area contributed by atoms with Gasteiger partial charge in [-0.2, -0.15) is 0 Å². The monoisotopic (exact) mass is 386 g/mol. The molecule has 1 saturated carbocycles. The minimum atomic E-state index is -0.851. The second-order valence-corrected chi connectivity index (χ2v) is 7.54. The van der Waals surface area contributed by atoms with Gasteiger partial charge in [-0.05, 0) is 56.2 Å². The fourth-order valence-corrected chi connectivity index (χ4v) is 3.79. The third-order valence-corrected chi connectivity index (χ3v) is 5.61. The Morgan fingerprint density at radius 1 is 1.32 bits per heavy atom. The molecule has 3 N–H and O–H groups in total. The molecule has 1 aromatic heterocycles. The molecule has 2 aromatic rings. The van der Waals surface area contributed by atoms with Crippen LogP contribution >= 0.6 is 0 Å². The van der Waals surface area contributed by atoms with Crippen molar-refractivity contribution in [1.29, 1.82) is 0 Å². The van der Waals surface area contributed by atoms with Crippen LogP contribution in [-0.2, 0) is 9.59 Å². The number of hydroxylamine groups is 2. The summed E-state index contributed by atoms with van der Waals surface area (Å²) >= 11 is 0. The van der Waals surface area contributed by atoms with Crippen molar-refractivity contribution in [2.75, 3.05) is 12.0 Å². The van der Waals surface area contributed by atoms with Crippen molar-refractivity contribution in [3.05, 3.63) is 23.8 Å². The molecule has 0 saturated heterocycles. The predicted octanol–water partition coefficient (Wildman–Crippen LogP) is 2.21. The van der Waals surface area contributed by atoms with Gasteiger partial charge in [0.25, 0.3) is 5.95 Å². The molecule has 0 aliphatic heterocycles. The first-order valence-corrected chi connectivity index (χ1v) is 9.54. The second-order valence-electron chi connectivity index (χ2n) is 7.54. The zero-order chi connectivity index (χ0) is 20.1. The highest BCUT2D eigenvalue weighted by molar-refractivity contribution is 5.84. The summed E-state index contributed by atoms with van der Waals surface area (Å²) in [5.74, 6) is 0.447. The maximum absolute atomic E-state index is 12.9. The SMILES string of the molecule is CCC1CCC(CN(O)C=O)(C(=O)NNc2nnc3cc(C)ccc3n2)CC1. The van der Waals surface area contributed by atoms with Gasteiger partial charge in [0.15, 0.2) is 0 Å². The standard InChI is InChI=1S/C19H26N6O3/c1-3-14-6-8-19(9-7-14,11-25(28)12-26)17(27)22-24-18-20-15-5-4-13(2)10-16(15)21-23-18/h4-5,10,12,14,28H,3,6-9,11H2,1-2H3,(H,22,27)(H,20,23,24). The number of carbonyl (C=O) groups is 2. The van der Waals surface area contributed by atoms with Crippen LogP contribution in [0.25, 0.3) is 11.0 Å². The highest BCUT2D eigenvalue weighted by Gasteiger charge is 2.43. The molecule has 0 atom stereocenters. The van der Waals surface area contributed by atoms with E-state index >= 15 is 0 Å². The summed E-state index contributed by atoms with van der Waals surface area (Å²) in [5, 5.41) is 18.3. The Bertz CT molecular complexity index is 851. The minimum absolute atomic E-state index is 0.0451. The van der Waals surface area contributed by atoms with Gasteiger partial charge in [-0.15, -0.1) is 10.2 Å². The fraction of sp³-hybridized carbons (Fsp3) is 0.526. The Labute approximate surface area is 163 Å². The fourth-order valence-electron chi connectivity index (χ4n) is 3.79. The van der Waals surface area contributed by atoms with Crippen molar-refractivity contribution in [3.8, 4) is 0 Å². The molecular formula is C19H26N6O3. The summed E-state index contributed by atoms with van der Waals surface area (Å²) in [4.78, 5) is 28.2. The lowest BCUT2D eigenvalue weighted by molar-refractivity contribution is -0.163. The van der Waals surface area contributed by atoms with Gasteiger partial charge >= 0.3 is 0 Å². The van der Waals surface area contributed by atoms with Gasteiger partial charge in [-0.3, -0.25) is 25.6 Å². The van der Waals surface area contributed by atoms with Crippen LogP contribution in [0.15, 0.2) is 18.2 Å². The van der Waals surface area contributed by atoms with E-state index < -0.39 is 5.41 Å². The number of amides is 2. The van der Waals surface area contributed by atoms with Crippen LogP contribution in [-0.4, -0.2) is 44.3 Å². The molecule has 2 amide bonds. The number of benzene rings is 1. The number of fused-ring (bicyclic) bond motifs is 1. The molecule has 3 rings (SSSR count). The van der Waals surface area contributed by atoms with E-state index in [1.807, 2.05) is 25.1 Å². The van der Waals surface area contributed by atoms with E-state index in [1.165, 1.54) is 0 Å². The van der Waals surface area contributed by atoms with Crippen molar-refractivity contribution in [1.82, 2.24) is 25.7 Å². The number of hydrogen-bond acceptors (Lipinski definition) is 7. The number of nitrogens with one attached hydrogen (secondary N) is 2. The van der Waals surface area contributed by atoms with E-state index in [2.05, 4.69) is 33.0 Å². The third-order valence-electron chi connectivity index (χ3n) is 5.61. The summed E-state index contributed by atoms with van der Waals surface area (Å²) in [5.41, 5.74) is 6.91. The average molecular weight is 386 g/mol. The van der Waals surface area contributed by atoms with Crippen LogP contribution in [0.3, 0.4) is 0 Å². The molecule has 9 nitrogen and oxygen atoms in total. The van der Waals surface area contributed by atoms with Crippen molar-refractivity contribution in [3.63, 3.8) is 0 Å². The van der Waals surface area contributed by atoms with Crippen LogP contribution in [0.5, 0.6) is 0 Å². The lowest BCUT2D eigenvalue weighted by Crippen LogP contribution is -2.51. The highest BCUT2D eigenvalue weighted by atomic mass is 16.5. The summed E-state index contributed by atoms with van der Waals surface area (Å²) in [6.07, 6.45) is 4.34. The normalized spacial score (nSPS) is 21.9. The first-order valence-electron chi connectivity index (χ1n) is 9.54. The molecule has 0 spiro atoms. The Hall–Kier alpha value is -2.81. The molecule has 0 radical (unpaired) electrons. The molecule has 1 aliphatic carbocycles. The average Bonchev–Trinajstić information content (AvgIpc) is 2.72. The van der Waals surface area contributed by atoms with E-state index in [9.17, 15) is 14.8 Å². The van der Waals surface area contributed by atoms with Gasteiger partial charge in [0.2, 0.25) is 12.3 Å². The lowest BCUT2D eigenvalue weighted by Gasteiger charge is -2.39. The zero-order valence-corrected chi connectivity index (χ0v) is 16.2. The Morgan fingerprint density at radius 3 is 2.75 bits per heavy atom. The van der Waals surface area contributed by atoms with Crippen LogP contribution < -0.4 is 10.9 Å². The zero-order valence-electron chi connectivity index (χ0n) is 16.2. The van der Waals surface area contributed by atoms with Crippen LogP contribution in [0.1, 0.15) is 44.6 Å². The second kappa shape index (κ2) is 8.47.